The van der Waals surface area contributed by atoms with E-state index in [2.05, 4.69) is 43.1 Å². The zero-order valence-corrected chi connectivity index (χ0v) is 15.9. The van der Waals surface area contributed by atoms with Crippen LogP contribution in [-0.4, -0.2) is 72.7 Å². The van der Waals surface area contributed by atoms with Crippen LogP contribution in [0.3, 0.4) is 0 Å². The van der Waals surface area contributed by atoms with Crippen LogP contribution in [0.5, 0.6) is 0 Å². The number of benzene rings is 1. The topological polar surface area (TPSA) is 91.1 Å². The van der Waals surface area contributed by atoms with Crippen molar-refractivity contribution < 1.29 is 0 Å². The number of nitrogens with zero attached hydrogens (tertiary/aromatic N) is 8. The van der Waals surface area contributed by atoms with Gasteiger partial charge in [-0.3, -0.25) is 4.40 Å². The van der Waals surface area contributed by atoms with Gasteiger partial charge in [0.15, 0.2) is 11.3 Å². The highest BCUT2D eigenvalue weighted by Crippen LogP contribution is 2.33. The Labute approximate surface area is 166 Å². The molecule has 0 radical (unpaired) electrons. The van der Waals surface area contributed by atoms with Crippen molar-refractivity contribution in [3.8, 4) is 11.3 Å². The number of aromatic nitrogens is 7. The monoisotopic (exact) mass is 385 g/mol. The zero-order chi connectivity index (χ0) is 19.4. The number of nitrogens with one attached hydrogen (secondary N) is 1. The van der Waals surface area contributed by atoms with E-state index in [1.165, 1.54) is 0 Å². The second-order valence-corrected chi connectivity index (χ2v) is 7.40. The maximum atomic E-state index is 5.03. The molecule has 0 atom stereocenters. The summed E-state index contributed by atoms with van der Waals surface area (Å²) in [6.07, 6.45) is 5.38. The van der Waals surface area contributed by atoms with Gasteiger partial charge in [0.05, 0.1) is 17.4 Å². The summed E-state index contributed by atoms with van der Waals surface area (Å²) in [5.41, 5.74) is 5.18. The summed E-state index contributed by atoms with van der Waals surface area (Å²) in [7, 11) is 2.15. The first kappa shape index (κ1) is 16.4. The maximum Gasteiger partial charge on any atom is 0.226 e. The number of H-pyrrole nitrogens is 1. The van der Waals surface area contributed by atoms with E-state index in [9.17, 15) is 0 Å². The number of likely N-dealkylation sites (N-methyl/N-ethyl adjacent to an activating group) is 1. The van der Waals surface area contributed by atoms with Gasteiger partial charge in [0, 0.05) is 43.3 Å². The molecule has 5 heterocycles. The Kier molecular flexibility index (Phi) is 3.51. The number of hydrogen-bond acceptors (Lipinski definition) is 7. The summed E-state index contributed by atoms with van der Waals surface area (Å²) in [6, 6.07) is 8.15. The average molecular weight is 385 g/mol. The van der Waals surface area contributed by atoms with Crippen LogP contribution in [-0.2, 0) is 0 Å². The van der Waals surface area contributed by atoms with Gasteiger partial charge in [-0.1, -0.05) is 18.2 Å². The smallest absolute Gasteiger partial charge is 0.226 e. The summed E-state index contributed by atoms with van der Waals surface area (Å²) in [6.45, 7) is 3.84. The average Bonchev–Trinajstić information content (AvgIpc) is 3.40. The molecule has 0 saturated carbocycles. The Morgan fingerprint density at radius 1 is 1.03 bits per heavy atom. The largest absolute Gasteiger partial charge is 0.344 e. The molecular weight excluding hydrogens is 366 g/mol. The van der Waals surface area contributed by atoms with E-state index in [1.54, 1.807) is 12.5 Å². The van der Waals surface area contributed by atoms with Gasteiger partial charge in [-0.05, 0) is 13.1 Å². The first-order valence-electron chi connectivity index (χ1n) is 9.64. The molecule has 1 aromatic carbocycles. The maximum absolute atomic E-state index is 5.03. The highest BCUT2D eigenvalue weighted by molar-refractivity contribution is 6.01. The van der Waals surface area contributed by atoms with E-state index in [0.29, 0.717) is 5.65 Å². The predicted molar refractivity (Wildman–Crippen MR) is 111 cm³/mol. The Bertz CT molecular complexity index is 1340. The van der Waals surface area contributed by atoms with Crippen LogP contribution in [0.2, 0.25) is 0 Å². The van der Waals surface area contributed by atoms with Crippen molar-refractivity contribution in [2.75, 3.05) is 38.1 Å². The quantitative estimate of drug-likeness (QED) is 0.497. The SMILES string of the molecule is CN1CCN(c2nc(-c3c[nH]c4ncc5nncn5c34)c3ccccc3n2)CC1. The van der Waals surface area contributed by atoms with Gasteiger partial charge >= 0.3 is 0 Å². The molecule has 0 bridgehead atoms. The van der Waals surface area contributed by atoms with Crippen molar-refractivity contribution in [3.63, 3.8) is 0 Å². The van der Waals surface area contributed by atoms with E-state index < -0.39 is 0 Å². The van der Waals surface area contributed by atoms with E-state index in [0.717, 1.165) is 65.5 Å². The molecule has 1 aliphatic heterocycles. The number of aromatic amines is 1. The van der Waals surface area contributed by atoms with E-state index in [4.69, 9.17) is 9.97 Å². The standard InChI is InChI=1S/C20H19N9/c1-27-6-8-28(9-7-27)20-24-15-5-3-2-4-13(15)17(25-20)14-10-21-19-18(14)29-12-23-26-16(29)11-22-19/h2-5,10-12,21H,6-9H2,1H3. The van der Waals surface area contributed by atoms with Gasteiger partial charge in [-0.15, -0.1) is 10.2 Å². The van der Waals surface area contributed by atoms with Gasteiger partial charge in [-0.25, -0.2) is 15.0 Å². The number of rotatable bonds is 2. The van der Waals surface area contributed by atoms with Crippen molar-refractivity contribution in [2.45, 2.75) is 0 Å². The Morgan fingerprint density at radius 3 is 2.79 bits per heavy atom. The third kappa shape index (κ3) is 2.54. The van der Waals surface area contributed by atoms with Crippen LogP contribution in [0, 0.1) is 0 Å². The first-order valence-corrected chi connectivity index (χ1v) is 9.64. The van der Waals surface area contributed by atoms with E-state index >= 15 is 0 Å². The van der Waals surface area contributed by atoms with Crippen LogP contribution in [0.15, 0.2) is 43.0 Å². The molecule has 0 aliphatic carbocycles. The number of para-hydroxylation sites is 1. The van der Waals surface area contributed by atoms with E-state index in [-0.39, 0.29) is 0 Å². The third-order valence-electron chi connectivity index (χ3n) is 5.59. The lowest BCUT2D eigenvalue weighted by Gasteiger charge is -2.32. The summed E-state index contributed by atoms with van der Waals surface area (Å²) in [5.74, 6) is 0.769. The molecular formula is C20H19N9. The number of fused-ring (bicyclic) bond motifs is 4. The summed E-state index contributed by atoms with van der Waals surface area (Å²) in [4.78, 5) is 22.2. The molecule has 144 valence electrons. The van der Waals surface area contributed by atoms with Crippen molar-refractivity contribution in [1.82, 2.24) is 39.4 Å². The predicted octanol–water partition coefficient (Wildman–Crippen LogP) is 1.97. The number of piperazine rings is 1. The van der Waals surface area contributed by atoms with Crippen molar-refractivity contribution >= 4 is 33.7 Å². The van der Waals surface area contributed by atoms with Crippen molar-refractivity contribution in [3.05, 3.63) is 43.0 Å². The lowest BCUT2D eigenvalue weighted by molar-refractivity contribution is 0.311. The molecule has 9 nitrogen and oxygen atoms in total. The Balaban J connectivity index is 1.61. The normalized spacial score (nSPS) is 15.7. The minimum absolute atomic E-state index is 0.705. The molecule has 1 N–H and O–H groups in total. The Hall–Kier alpha value is -3.59. The van der Waals surface area contributed by atoms with Gasteiger partial charge in [-0.2, -0.15) is 0 Å². The molecule has 1 saturated heterocycles. The van der Waals surface area contributed by atoms with Crippen LogP contribution in [0.25, 0.3) is 39.0 Å². The van der Waals surface area contributed by atoms with Crippen LogP contribution < -0.4 is 4.90 Å². The molecule has 1 aliphatic rings. The van der Waals surface area contributed by atoms with Crippen molar-refractivity contribution in [2.24, 2.45) is 0 Å². The minimum atomic E-state index is 0.705. The number of hydrogen-bond donors (Lipinski definition) is 1. The van der Waals surface area contributed by atoms with Gasteiger partial charge < -0.3 is 14.8 Å². The third-order valence-corrected chi connectivity index (χ3v) is 5.59. The summed E-state index contributed by atoms with van der Waals surface area (Å²) >= 11 is 0. The summed E-state index contributed by atoms with van der Waals surface area (Å²) < 4.78 is 1.95. The second kappa shape index (κ2) is 6.21. The van der Waals surface area contributed by atoms with Crippen molar-refractivity contribution in [1.29, 1.82) is 0 Å². The molecule has 5 aromatic rings. The fourth-order valence-electron chi connectivity index (χ4n) is 3.97. The highest BCUT2D eigenvalue weighted by Gasteiger charge is 2.21. The second-order valence-electron chi connectivity index (χ2n) is 7.40. The fraction of sp³-hybridized carbons (Fsp3) is 0.250. The van der Waals surface area contributed by atoms with Gasteiger partial charge in [0.2, 0.25) is 5.95 Å². The lowest BCUT2D eigenvalue weighted by Crippen LogP contribution is -2.45. The molecule has 29 heavy (non-hydrogen) atoms. The molecule has 1 fully saturated rings. The molecule has 4 aromatic heterocycles. The lowest BCUT2D eigenvalue weighted by atomic mass is 10.1. The van der Waals surface area contributed by atoms with Gasteiger partial charge in [0.1, 0.15) is 11.8 Å². The first-order chi connectivity index (χ1) is 14.3. The molecule has 9 heteroatoms. The van der Waals surface area contributed by atoms with Crippen LogP contribution >= 0.6 is 0 Å². The molecule has 0 unspecified atom stereocenters. The number of anilines is 1. The zero-order valence-electron chi connectivity index (χ0n) is 15.9. The highest BCUT2D eigenvalue weighted by atomic mass is 15.3. The fourth-order valence-corrected chi connectivity index (χ4v) is 3.97. The molecule has 6 rings (SSSR count). The van der Waals surface area contributed by atoms with E-state index in [1.807, 2.05) is 28.8 Å². The minimum Gasteiger partial charge on any atom is -0.344 e. The van der Waals surface area contributed by atoms with Crippen LogP contribution in [0.4, 0.5) is 5.95 Å². The Morgan fingerprint density at radius 2 is 1.90 bits per heavy atom. The van der Waals surface area contributed by atoms with Gasteiger partial charge in [0.25, 0.3) is 0 Å². The molecule has 0 spiro atoms. The van der Waals surface area contributed by atoms with Crippen LogP contribution in [0.1, 0.15) is 0 Å². The summed E-state index contributed by atoms with van der Waals surface area (Å²) in [5, 5.41) is 9.18. The molecule has 0 amide bonds.